The number of aromatic nitrogens is 2. The number of methoxy groups -OCH3 is 1. The molecule has 0 aliphatic carbocycles. The average molecular weight is 404 g/mol. The lowest BCUT2D eigenvalue weighted by Gasteiger charge is -2.15. The first-order valence-electron chi connectivity index (χ1n) is 10.0. The second kappa shape index (κ2) is 12.1. The zero-order chi connectivity index (χ0) is 21.1. The molecular weight excluding hydrogens is 370 g/mol. The van der Waals surface area contributed by atoms with Crippen LogP contribution in [-0.2, 0) is 17.7 Å². The molecule has 0 fully saturated rings. The fraction of sp³-hybridized carbons (Fsp3) is 0.571. The summed E-state index contributed by atoms with van der Waals surface area (Å²) in [7, 11) is 3.42. The number of hydrogen-bond donors (Lipinski definition) is 2. The van der Waals surface area contributed by atoms with Crippen LogP contribution in [0.3, 0.4) is 0 Å². The van der Waals surface area contributed by atoms with Gasteiger partial charge in [-0.1, -0.05) is 31.1 Å². The van der Waals surface area contributed by atoms with Crippen molar-refractivity contribution in [2.24, 2.45) is 4.99 Å². The molecule has 0 radical (unpaired) electrons. The van der Waals surface area contributed by atoms with Gasteiger partial charge >= 0.3 is 0 Å². The molecule has 0 aliphatic heterocycles. The highest BCUT2D eigenvalue weighted by molar-refractivity contribution is 5.79. The van der Waals surface area contributed by atoms with E-state index in [1.807, 2.05) is 26.8 Å². The van der Waals surface area contributed by atoms with E-state index >= 15 is 0 Å². The van der Waals surface area contributed by atoms with Gasteiger partial charge in [0.1, 0.15) is 12.4 Å². The molecule has 2 aromatic rings. The zero-order valence-electron chi connectivity index (χ0n) is 18.1. The molecule has 0 saturated heterocycles. The monoisotopic (exact) mass is 403 g/mol. The highest BCUT2D eigenvalue weighted by Gasteiger charge is 2.09. The van der Waals surface area contributed by atoms with Crippen LogP contribution in [0.4, 0.5) is 0 Å². The summed E-state index contributed by atoms with van der Waals surface area (Å²) in [6.45, 7) is 8.60. The number of rotatable bonds is 11. The molecule has 0 atom stereocenters. The molecule has 1 aromatic carbocycles. The lowest BCUT2D eigenvalue weighted by atomic mass is 10.1. The summed E-state index contributed by atoms with van der Waals surface area (Å²) in [5.74, 6) is 3.31. The molecule has 0 unspecified atom stereocenters. The van der Waals surface area contributed by atoms with E-state index < -0.39 is 0 Å². The molecule has 29 heavy (non-hydrogen) atoms. The van der Waals surface area contributed by atoms with Crippen molar-refractivity contribution in [3.05, 3.63) is 41.0 Å². The van der Waals surface area contributed by atoms with Crippen LogP contribution in [-0.4, -0.2) is 50.0 Å². The van der Waals surface area contributed by atoms with E-state index in [2.05, 4.69) is 37.9 Å². The molecule has 0 amide bonds. The van der Waals surface area contributed by atoms with E-state index in [4.69, 9.17) is 14.0 Å². The summed E-state index contributed by atoms with van der Waals surface area (Å²) in [5, 5.41) is 10.6. The molecule has 160 valence electrons. The molecule has 1 aromatic heterocycles. The molecule has 2 rings (SSSR count). The maximum Gasteiger partial charge on any atom is 0.226 e. The largest absolute Gasteiger partial charge is 0.491 e. The molecular formula is C21H33N5O3. The van der Waals surface area contributed by atoms with Gasteiger partial charge < -0.3 is 24.6 Å². The Bertz CT molecular complexity index is 773. The quantitative estimate of drug-likeness (QED) is 0.338. The van der Waals surface area contributed by atoms with Crippen molar-refractivity contribution in [3.8, 4) is 5.75 Å². The van der Waals surface area contributed by atoms with Gasteiger partial charge in [0, 0.05) is 45.1 Å². The van der Waals surface area contributed by atoms with Gasteiger partial charge in [-0.15, -0.1) is 0 Å². The van der Waals surface area contributed by atoms with Gasteiger partial charge in [0.2, 0.25) is 5.89 Å². The average Bonchev–Trinajstić information content (AvgIpc) is 3.18. The molecule has 8 heteroatoms. The zero-order valence-corrected chi connectivity index (χ0v) is 18.1. The summed E-state index contributed by atoms with van der Waals surface area (Å²) in [6.07, 6.45) is 1.61. The maximum atomic E-state index is 5.84. The first-order chi connectivity index (χ1) is 14.0. The van der Waals surface area contributed by atoms with E-state index in [1.165, 1.54) is 0 Å². The van der Waals surface area contributed by atoms with E-state index in [0.717, 1.165) is 48.0 Å². The van der Waals surface area contributed by atoms with Gasteiger partial charge in [0.25, 0.3) is 0 Å². The van der Waals surface area contributed by atoms with Crippen LogP contribution < -0.4 is 15.4 Å². The highest BCUT2D eigenvalue weighted by Crippen LogP contribution is 2.20. The molecule has 1 heterocycles. The number of aryl methyl sites for hydroxylation is 2. The Morgan fingerprint density at radius 3 is 2.76 bits per heavy atom. The van der Waals surface area contributed by atoms with Crippen molar-refractivity contribution >= 4 is 5.96 Å². The number of nitrogens with zero attached hydrogens (tertiary/aromatic N) is 3. The summed E-state index contributed by atoms with van der Waals surface area (Å²) in [4.78, 5) is 8.68. The number of aliphatic imine (C=N–C) groups is 1. The van der Waals surface area contributed by atoms with Crippen molar-refractivity contribution in [3.63, 3.8) is 0 Å². The first-order valence-corrected chi connectivity index (χ1v) is 10.0. The smallest absolute Gasteiger partial charge is 0.226 e. The molecule has 0 spiro atoms. The minimum Gasteiger partial charge on any atom is -0.491 e. The highest BCUT2D eigenvalue weighted by atomic mass is 16.5. The van der Waals surface area contributed by atoms with E-state index in [9.17, 15) is 0 Å². The van der Waals surface area contributed by atoms with Gasteiger partial charge in [0.15, 0.2) is 11.8 Å². The third-order valence-electron chi connectivity index (χ3n) is 4.30. The third-order valence-corrected chi connectivity index (χ3v) is 4.30. The van der Waals surface area contributed by atoms with Crippen molar-refractivity contribution < 1.29 is 14.0 Å². The Morgan fingerprint density at radius 2 is 2.07 bits per heavy atom. The minimum absolute atomic E-state index is 0.277. The summed E-state index contributed by atoms with van der Waals surface area (Å²) in [6, 6.07) is 6.19. The van der Waals surface area contributed by atoms with Crippen LogP contribution in [0.2, 0.25) is 0 Å². The van der Waals surface area contributed by atoms with Crippen LogP contribution >= 0.6 is 0 Å². The topological polar surface area (TPSA) is 93.8 Å². The molecule has 2 N–H and O–H groups in total. The van der Waals surface area contributed by atoms with Crippen LogP contribution in [0.25, 0.3) is 0 Å². The SMILES string of the molecule is CN=C(NCCCc1nc(C(C)C)no1)NCc1ccc(C)cc1OCCOC. The Morgan fingerprint density at radius 1 is 1.24 bits per heavy atom. The normalized spacial score (nSPS) is 11.7. The predicted octanol–water partition coefficient (Wildman–Crippen LogP) is 2.82. The van der Waals surface area contributed by atoms with Crippen LogP contribution in [0.1, 0.15) is 49.0 Å². The van der Waals surface area contributed by atoms with Crippen molar-refractivity contribution in [2.45, 2.75) is 46.1 Å². The van der Waals surface area contributed by atoms with E-state index in [0.29, 0.717) is 25.6 Å². The first kappa shape index (κ1) is 22.7. The van der Waals surface area contributed by atoms with Gasteiger partial charge in [-0.2, -0.15) is 4.98 Å². The number of ether oxygens (including phenoxy) is 2. The Kier molecular flexibility index (Phi) is 9.43. The lowest BCUT2D eigenvalue weighted by molar-refractivity contribution is 0.145. The molecule has 0 aliphatic rings. The molecule has 0 bridgehead atoms. The summed E-state index contributed by atoms with van der Waals surface area (Å²) < 4.78 is 16.2. The Hall–Kier alpha value is -2.61. The second-order valence-electron chi connectivity index (χ2n) is 7.11. The molecule has 8 nitrogen and oxygen atoms in total. The van der Waals surface area contributed by atoms with E-state index in [-0.39, 0.29) is 5.92 Å². The van der Waals surface area contributed by atoms with Crippen LogP contribution in [0.15, 0.2) is 27.7 Å². The summed E-state index contributed by atoms with van der Waals surface area (Å²) in [5.41, 5.74) is 2.23. The number of nitrogens with one attached hydrogen (secondary N) is 2. The lowest BCUT2D eigenvalue weighted by Crippen LogP contribution is -2.37. The van der Waals surface area contributed by atoms with Crippen LogP contribution in [0.5, 0.6) is 5.75 Å². The van der Waals surface area contributed by atoms with Crippen molar-refractivity contribution in [1.29, 1.82) is 0 Å². The second-order valence-corrected chi connectivity index (χ2v) is 7.11. The predicted molar refractivity (Wildman–Crippen MR) is 113 cm³/mol. The van der Waals surface area contributed by atoms with E-state index in [1.54, 1.807) is 14.2 Å². The molecule has 0 saturated carbocycles. The Labute approximate surface area is 173 Å². The van der Waals surface area contributed by atoms with Gasteiger partial charge in [-0.05, 0) is 25.0 Å². The maximum absolute atomic E-state index is 5.84. The van der Waals surface area contributed by atoms with Crippen molar-refractivity contribution in [1.82, 2.24) is 20.8 Å². The fourth-order valence-corrected chi connectivity index (χ4v) is 2.63. The number of hydrogen-bond acceptors (Lipinski definition) is 6. The van der Waals surface area contributed by atoms with Gasteiger partial charge in [-0.25, -0.2) is 0 Å². The van der Waals surface area contributed by atoms with Gasteiger partial charge in [0.05, 0.1) is 6.61 Å². The fourth-order valence-electron chi connectivity index (χ4n) is 2.63. The summed E-state index contributed by atoms with van der Waals surface area (Å²) >= 11 is 0. The third kappa shape index (κ3) is 7.73. The van der Waals surface area contributed by atoms with Gasteiger partial charge in [-0.3, -0.25) is 4.99 Å². The number of guanidine groups is 1. The van der Waals surface area contributed by atoms with Crippen LogP contribution in [0, 0.1) is 6.92 Å². The number of benzene rings is 1. The van der Waals surface area contributed by atoms with Crippen molar-refractivity contribution in [2.75, 3.05) is 33.9 Å². The Balaban J connectivity index is 1.78. The minimum atomic E-state index is 0.277. The standard InChI is InChI=1S/C21H33N5O3/c1-15(2)20-25-19(29-26-20)7-6-10-23-21(22-4)24-14-17-9-8-16(3)13-18(17)28-12-11-27-5/h8-9,13,15H,6-7,10-12,14H2,1-5H3,(H2,22,23,24).